The fourth-order valence-electron chi connectivity index (χ4n) is 4.31. The molecule has 2 N–H and O–H groups in total. The minimum atomic E-state index is 0.732. The van der Waals surface area contributed by atoms with Crippen LogP contribution in [0.1, 0.15) is 50.1 Å². The molecule has 4 heterocycles. The zero-order valence-corrected chi connectivity index (χ0v) is 23.3. The maximum Gasteiger partial charge on any atom is 0.116 e. The number of nitrogens with zero attached hydrogens (tertiary/aromatic N) is 4. The van der Waals surface area contributed by atoms with Crippen molar-refractivity contribution in [2.45, 2.75) is 46.6 Å². The molecule has 3 aromatic heterocycles. The molecule has 0 radical (unpaired) electrons. The van der Waals surface area contributed by atoms with Gasteiger partial charge in [0.1, 0.15) is 5.69 Å². The van der Waals surface area contributed by atoms with Crippen molar-refractivity contribution in [1.29, 1.82) is 0 Å². The number of nitrogens with one attached hydrogen (secondary N) is 2. The topological polar surface area (TPSA) is 69.7 Å². The van der Waals surface area contributed by atoms with Gasteiger partial charge in [0, 0.05) is 35.6 Å². The lowest BCUT2D eigenvalue weighted by molar-refractivity contribution is 0.220. The van der Waals surface area contributed by atoms with Gasteiger partial charge in [0.05, 0.1) is 23.1 Å². The first-order valence-corrected chi connectivity index (χ1v) is 13.2. The van der Waals surface area contributed by atoms with Crippen LogP contribution in [0.2, 0.25) is 0 Å². The molecule has 1 saturated heterocycles. The Morgan fingerprint density at radius 1 is 0.921 bits per heavy atom. The second-order valence-corrected chi connectivity index (χ2v) is 8.54. The van der Waals surface area contributed by atoms with Gasteiger partial charge in [-0.3, -0.25) is 20.0 Å². The highest BCUT2D eigenvalue weighted by atomic mass is 15.1. The van der Waals surface area contributed by atoms with E-state index in [0.717, 1.165) is 51.3 Å². The predicted octanol–water partition coefficient (Wildman–Crippen LogP) is 8.03. The van der Waals surface area contributed by atoms with Crippen molar-refractivity contribution >= 4 is 22.3 Å². The van der Waals surface area contributed by atoms with Crippen LogP contribution in [-0.4, -0.2) is 38.2 Å². The van der Waals surface area contributed by atoms with Crippen molar-refractivity contribution in [2.75, 3.05) is 18.4 Å². The maximum absolute atomic E-state index is 4.53. The molecule has 0 unspecified atom stereocenters. The van der Waals surface area contributed by atoms with Crippen molar-refractivity contribution in [2.24, 2.45) is 0 Å². The molecule has 1 aliphatic heterocycles. The second kappa shape index (κ2) is 15.9. The number of likely N-dealkylation sites (tertiary alicyclic amines) is 1. The Morgan fingerprint density at radius 3 is 2.34 bits per heavy atom. The van der Waals surface area contributed by atoms with Gasteiger partial charge in [0.2, 0.25) is 0 Å². The molecular formula is C32H42N6. The van der Waals surface area contributed by atoms with Crippen LogP contribution >= 0.6 is 0 Å². The van der Waals surface area contributed by atoms with E-state index in [-0.39, 0.29) is 0 Å². The minimum absolute atomic E-state index is 0.732. The summed E-state index contributed by atoms with van der Waals surface area (Å²) in [6.07, 6.45) is 9.67. The number of aromatic amines is 1. The zero-order chi connectivity index (χ0) is 27.9. The molecule has 6 heteroatoms. The van der Waals surface area contributed by atoms with Crippen LogP contribution in [0.25, 0.3) is 27.7 Å². The van der Waals surface area contributed by atoms with Crippen LogP contribution in [-0.2, 0) is 6.54 Å². The lowest BCUT2D eigenvalue weighted by Crippen LogP contribution is -2.29. The van der Waals surface area contributed by atoms with Crippen LogP contribution in [0.3, 0.4) is 0 Å². The fraction of sp³-hybridized carbons (Fsp3) is 0.281. The summed E-state index contributed by atoms with van der Waals surface area (Å²) in [5, 5.41) is 12.0. The lowest BCUT2D eigenvalue weighted by Gasteiger charge is -2.26. The molecule has 4 aromatic rings. The van der Waals surface area contributed by atoms with Crippen LogP contribution < -0.4 is 5.32 Å². The van der Waals surface area contributed by atoms with Gasteiger partial charge in [0.15, 0.2) is 0 Å². The predicted molar refractivity (Wildman–Crippen MR) is 164 cm³/mol. The molecule has 0 saturated carbocycles. The largest absolute Gasteiger partial charge is 0.353 e. The number of rotatable bonds is 6. The number of hydrogen-bond acceptors (Lipinski definition) is 5. The first-order valence-electron chi connectivity index (χ1n) is 13.2. The number of hydrogen-bond donors (Lipinski definition) is 2. The SMILES string of the molecule is C=C.C=C.C=C(Nc1ccc(C)nc1)c1n[nH]c2ccc(-c3cncc(CN4CCCCC4)c3)cc12.CC. The molecule has 6 nitrogen and oxygen atoms in total. The van der Waals surface area contributed by atoms with E-state index in [0.29, 0.717) is 0 Å². The number of pyridine rings is 2. The van der Waals surface area contributed by atoms with Crippen molar-refractivity contribution < 1.29 is 0 Å². The average molecular weight is 511 g/mol. The quantitative estimate of drug-likeness (QED) is 0.257. The first-order chi connectivity index (χ1) is 18.7. The molecule has 1 aliphatic rings. The summed E-state index contributed by atoms with van der Waals surface area (Å²) in [5.41, 5.74) is 7.89. The number of benzene rings is 1. The lowest BCUT2D eigenvalue weighted by atomic mass is 10.0. The van der Waals surface area contributed by atoms with Crippen LogP contribution in [0, 0.1) is 6.92 Å². The Balaban J connectivity index is 0.000000791. The second-order valence-electron chi connectivity index (χ2n) is 8.54. The monoisotopic (exact) mass is 510 g/mol. The number of aryl methyl sites for hydroxylation is 1. The highest BCUT2D eigenvalue weighted by Gasteiger charge is 2.13. The molecular weight excluding hydrogens is 468 g/mol. The number of H-pyrrole nitrogens is 1. The fourth-order valence-corrected chi connectivity index (χ4v) is 4.31. The van der Waals surface area contributed by atoms with Crippen molar-refractivity contribution in [1.82, 2.24) is 25.1 Å². The summed E-state index contributed by atoms with van der Waals surface area (Å²) in [6.45, 7) is 25.5. The van der Waals surface area contributed by atoms with Crippen molar-refractivity contribution in [3.05, 3.63) is 105 Å². The summed E-state index contributed by atoms with van der Waals surface area (Å²) in [5.74, 6) is 0. The van der Waals surface area contributed by atoms with Gasteiger partial charge in [-0.2, -0.15) is 5.10 Å². The maximum atomic E-state index is 4.53. The van der Waals surface area contributed by atoms with Gasteiger partial charge in [-0.05, 0) is 74.3 Å². The molecule has 200 valence electrons. The van der Waals surface area contributed by atoms with Crippen LogP contribution in [0.5, 0.6) is 0 Å². The smallest absolute Gasteiger partial charge is 0.116 e. The van der Waals surface area contributed by atoms with Gasteiger partial charge < -0.3 is 5.32 Å². The summed E-state index contributed by atoms with van der Waals surface area (Å²) in [7, 11) is 0. The first kappa shape index (κ1) is 30.2. The zero-order valence-electron chi connectivity index (χ0n) is 23.3. The highest BCUT2D eigenvalue weighted by Crippen LogP contribution is 2.29. The highest BCUT2D eigenvalue weighted by molar-refractivity contribution is 5.95. The average Bonchev–Trinajstić information content (AvgIpc) is 3.42. The number of anilines is 1. The van der Waals surface area contributed by atoms with E-state index in [1.165, 1.54) is 37.9 Å². The molecule has 0 spiro atoms. The number of piperidine rings is 1. The molecule has 0 atom stereocenters. The third-order valence-electron chi connectivity index (χ3n) is 6.04. The van der Waals surface area contributed by atoms with Gasteiger partial charge in [-0.15, -0.1) is 26.3 Å². The molecule has 38 heavy (non-hydrogen) atoms. The van der Waals surface area contributed by atoms with E-state index in [4.69, 9.17) is 0 Å². The van der Waals surface area contributed by atoms with E-state index >= 15 is 0 Å². The Labute approximate surface area is 228 Å². The molecule has 1 fully saturated rings. The molecule has 5 rings (SSSR count). The normalized spacial score (nSPS) is 12.6. The standard InChI is InChI=1S/C26H28N6.C2H6.2C2H4/c1-18-6-8-23(16-28-18)29-19(2)26-24-13-21(7-9-25(24)30-31-26)22-12-20(14-27-15-22)17-32-10-4-3-5-11-32;3*1-2/h6-9,12-16,29H,2-5,10-11,17H2,1H3,(H,30,31);1-2H3;2*1-2H2. The Kier molecular flexibility index (Phi) is 12.7. The van der Waals surface area contributed by atoms with Gasteiger partial charge >= 0.3 is 0 Å². The third-order valence-corrected chi connectivity index (χ3v) is 6.04. The number of aromatic nitrogens is 4. The summed E-state index contributed by atoms with van der Waals surface area (Å²) < 4.78 is 0. The van der Waals surface area contributed by atoms with Gasteiger partial charge in [0.25, 0.3) is 0 Å². The minimum Gasteiger partial charge on any atom is -0.353 e. The van der Waals surface area contributed by atoms with E-state index in [1.807, 2.05) is 45.3 Å². The molecule has 0 amide bonds. The van der Waals surface area contributed by atoms with Crippen LogP contribution in [0.15, 0.2) is 87.9 Å². The van der Waals surface area contributed by atoms with E-state index in [1.54, 1.807) is 6.20 Å². The molecule has 1 aromatic carbocycles. The summed E-state index contributed by atoms with van der Waals surface area (Å²) in [4.78, 5) is 11.4. The van der Waals surface area contributed by atoms with Crippen molar-refractivity contribution in [3.8, 4) is 11.1 Å². The van der Waals surface area contributed by atoms with Gasteiger partial charge in [-0.25, -0.2) is 0 Å². The Morgan fingerprint density at radius 2 is 1.66 bits per heavy atom. The third kappa shape index (κ3) is 7.98. The summed E-state index contributed by atoms with van der Waals surface area (Å²) in [6, 6.07) is 12.6. The van der Waals surface area contributed by atoms with E-state index in [9.17, 15) is 0 Å². The van der Waals surface area contributed by atoms with Crippen molar-refractivity contribution in [3.63, 3.8) is 0 Å². The van der Waals surface area contributed by atoms with E-state index in [2.05, 4.69) is 87.5 Å². The van der Waals surface area contributed by atoms with E-state index < -0.39 is 0 Å². The van der Waals surface area contributed by atoms with Crippen LogP contribution in [0.4, 0.5) is 5.69 Å². The molecule has 0 aliphatic carbocycles. The van der Waals surface area contributed by atoms with Gasteiger partial charge in [-0.1, -0.05) is 32.9 Å². The Bertz CT molecular complexity index is 1270. The Hall–Kier alpha value is -4.03. The molecule has 0 bridgehead atoms. The summed E-state index contributed by atoms with van der Waals surface area (Å²) >= 11 is 0. The number of fused-ring (bicyclic) bond motifs is 1.